The van der Waals surface area contributed by atoms with Crippen molar-refractivity contribution in [2.45, 2.75) is 224 Å². The molecule has 0 spiro atoms. The standard InChI is InChI=1S/C49H85O13P/c1-3-5-7-9-11-13-15-17-18-19-20-21-22-23-24-26-27-29-31-33-35-37-42(50)59-39-41(40-60-63(57,58)62-49-47(55)45(53)44(52)46(54)48(49)56)61-43(51)38-36-34-32-30-28-25-16-14-12-10-8-6-4-2/h6,8,10,12,14,16,21-22,25,28,41,44-49,52-56H,3-5,7,9,11,13,15,17-20,23-24,26-27,29-40H2,1-2H3,(H,57,58)/b8-6+,12-10+,16-14+,22-21+,28-25+/t41?,44?,45-,46?,47?,48?,49?/m0/s1. The fourth-order valence-corrected chi connectivity index (χ4v) is 8.03. The van der Waals surface area contributed by atoms with Crippen LogP contribution in [0.4, 0.5) is 0 Å². The molecular weight excluding hydrogens is 828 g/mol. The van der Waals surface area contributed by atoms with Gasteiger partial charge in [-0.15, -0.1) is 0 Å². The van der Waals surface area contributed by atoms with E-state index in [0.29, 0.717) is 12.8 Å². The Morgan fingerprint density at radius 3 is 1.44 bits per heavy atom. The minimum Gasteiger partial charge on any atom is -0.462 e. The van der Waals surface area contributed by atoms with E-state index >= 15 is 0 Å². The molecule has 0 bridgehead atoms. The molecule has 1 saturated carbocycles. The van der Waals surface area contributed by atoms with E-state index in [2.05, 4.69) is 32.1 Å². The summed E-state index contributed by atoms with van der Waals surface area (Å²) in [5.41, 5.74) is 0. The average molecular weight is 913 g/mol. The predicted molar refractivity (Wildman–Crippen MR) is 249 cm³/mol. The molecule has 6 N–H and O–H groups in total. The largest absolute Gasteiger partial charge is 0.472 e. The maximum atomic E-state index is 12.8. The van der Waals surface area contributed by atoms with E-state index in [1.165, 1.54) is 83.5 Å². The van der Waals surface area contributed by atoms with Crippen molar-refractivity contribution in [3.8, 4) is 0 Å². The van der Waals surface area contributed by atoms with E-state index in [1.54, 1.807) is 0 Å². The molecule has 0 radical (unpaired) electrons. The first-order valence-electron chi connectivity index (χ1n) is 24.1. The van der Waals surface area contributed by atoms with Gasteiger partial charge >= 0.3 is 19.8 Å². The summed E-state index contributed by atoms with van der Waals surface area (Å²) >= 11 is 0. The van der Waals surface area contributed by atoms with Crippen LogP contribution in [0.5, 0.6) is 0 Å². The number of carbonyl (C=O) groups is 2. The second-order valence-electron chi connectivity index (χ2n) is 16.7. The second-order valence-corrected chi connectivity index (χ2v) is 18.1. The van der Waals surface area contributed by atoms with Crippen LogP contribution in [0.25, 0.3) is 0 Å². The van der Waals surface area contributed by atoms with Crippen molar-refractivity contribution in [2.24, 2.45) is 0 Å². The van der Waals surface area contributed by atoms with Crippen LogP contribution in [0.2, 0.25) is 0 Å². The number of hydrogen-bond donors (Lipinski definition) is 6. The highest BCUT2D eigenvalue weighted by molar-refractivity contribution is 7.47. The van der Waals surface area contributed by atoms with E-state index in [-0.39, 0.29) is 12.8 Å². The Kier molecular flexibility index (Phi) is 36.1. The molecule has 14 heteroatoms. The molecule has 1 rings (SSSR count). The lowest BCUT2D eigenvalue weighted by molar-refractivity contribution is -0.220. The molecule has 0 aromatic carbocycles. The highest BCUT2D eigenvalue weighted by atomic mass is 31.2. The van der Waals surface area contributed by atoms with Crippen molar-refractivity contribution >= 4 is 19.8 Å². The number of ether oxygens (including phenoxy) is 2. The van der Waals surface area contributed by atoms with Crippen molar-refractivity contribution in [3.05, 3.63) is 60.8 Å². The van der Waals surface area contributed by atoms with Gasteiger partial charge < -0.3 is 39.9 Å². The van der Waals surface area contributed by atoms with Crippen LogP contribution in [-0.4, -0.2) is 98.3 Å². The molecule has 63 heavy (non-hydrogen) atoms. The number of phosphoric acid groups is 1. The van der Waals surface area contributed by atoms with Crippen molar-refractivity contribution < 1.29 is 63.1 Å². The van der Waals surface area contributed by atoms with E-state index in [0.717, 1.165) is 57.8 Å². The van der Waals surface area contributed by atoms with Gasteiger partial charge in [0, 0.05) is 12.8 Å². The van der Waals surface area contributed by atoms with Crippen LogP contribution in [0.15, 0.2) is 60.8 Å². The average Bonchev–Trinajstić information content (AvgIpc) is 3.26. The molecule has 1 fully saturated rings. The molecule has 0 aliphatic heterocycles. The Bertz CT molecular complexity index is 1330. The van der Waals surface area contributed by atoms with Crippen molar-refractivity contribution in [1.29, 1.82) is 0 Å². The molecule has 7 unspecified atom stereocenters. The Balaban J connectivity index is 2.42. The fraction of sp³-hybridized carbons (Fsp3) is 0.755. The summed E-state index contributed by atoms with van der Waals surface area (Å²) < 4.78 is 33.5. The molecule has 364 valence electrons. The zero-order chi connectivity index (χ0) is 46.4. The molecule has 0 aromatic rings. The van der Waals surface area contributed by atoms with E-state index < -0.39 is 75.7 Å². The SMILES string of the molecule is CC/C=C/C=C/C=C/C=C/CCCCCC(=O)OC(COC(=O)CCCCCCCCC/C=C/CCCCCCCCCCCC)COP(=O)(O)OC1C(O)C(O)C(O)[C@H](O)C1O. The first-order valence-corrected chi connectivity index (χ1v) is 25.6. The van der Waals surface area contributed by atoms with Gasteiger partial charge in [-0.1, -0.05) is 171 Å². The highest BCUT2D eigenvalue weighted by Crippen LogP contribution is 2.47. The minimum absolute atomic E-state index is 0.0477. The van der Waals surface area contributed by atoms with Crippen molar-refractivity contribution in [3.63, 3.8) is 0 Å². The van der Waals surface area contributed by atoms with E-state index in [9.17, 15) is 44.6 Å². The Morgan fingerprint density at radius 1 is 0.508 bits per heavy atom. The molecule has 1 aliphatic carbocycles. The number of esters is 2. The van der Waals surface area contributed by atoms with Crippen molar-refractivity contribution in [1.82, 2.24) is 0 Å². The summed E-state index contributed by atoms with van der Waals surface area (Å²) in [6.45, 7) is 3.12. The van der Waals surface area contributed by atoms with E-state index in [4.69, 9.17) is 18.5 Å². The topological polar surface area (TPSA) is 210 Å². The first kappa shape index (κ1) is 58.6. The van der Waals surface area contributed by atoms with Crippen LogP contribution >= 0.6 is 7.82 Å². The van der Waals surface area contributed by atoms with Gasteiger partial charge in [-0.2, -0.15) is 0 Å². The minimum atomic E-state index is -5.13. The Morgan fingerprint density at radius 2 is 0.921 bits per heavy atom. The summed E-state index contributed by atoms with van der Waals surface area (Å²) in [7, 11) is -5.13. The van der Waals surface area contributed by atoms with Gasteiger partial charge in [0.1, 0.15) is 43.2 Å². The van der Waals surface area contributed by atoms with E-state index in [1.807, 2.05) is 42.5 Å². The van der Waals surface area contributed by atoms with Crippen LogP contribution in [0.1, 0.15) is 181 Å². The van der Waals surface area contributed by atoms with Crippen LogP contribution in [0.3, 0.4) is 0 Å². The molecule has 8 atom stereocenters. The van der Waals surface area contributed by atoms with Gasteiger partial charge in [-0.3, -0.25) is 18.6 Å². The Labute approximate surface area is 379 Å². The molecule has 0 heterocycles. The maximum Gasteiger partial charge on any atom is 0.472 e. The number of allylic oxidation sites excluding steroid dienone is 10. The quantitative estimate of drug-likeness (QED) is 0.0112. The molecule has 0 aromatic heterocycles. The van der Waals surface area contributed by atoms with Crippen LogP contribution < -0.4 is 0 Å². The lowest BCUT2D eigenvalue weighted by atomic mass is 9.85. The summed E-state index contributed by atoms with van der Waals surface area (Å²) in [5.74, 6) is -1.15. The first-order chi connectivity index (χ1) is 30.4. The smallest absolute Gasteiger partial charge is 0.462 e. The van der Waals surface area contributed by atoms with Gasteiger partial charge in [0.15, 0.2) is 6.10 Å². The van der Waals surface area contributed by atoms with Gasteiger partial charge in [-0.25, -0.2) is 4.57 Å². The monoisotopic (exact) mass is 913 g/mol. The van der Waals surface area contributed by atoms with Gasteiger partial charge in [0.2, 0.25) is 0 Å². The molecule has 13 nitrogen and oxygen atoms in total. The summed E-state index contributed by atoms with van der Waals surface area (Å²) in [6, 6.07) is 0. The van der Waals surface area contributed by atoms with Gasteiger partial charge in [0.05, 0.1) is 6.61 Å². The lowest BCUT2D eigenvalue weighted by Gasteiger charge is -2.41. The van der Waals surface area contributed by atoms with Crippen molar-refractivity contribution in [2.75, 3.05) is 13.2 Å². The van der Waals surface area contributed by atoms with Crippen LogP contribution in [-0.2, 0) is 32.7 Å². The summed E-state index contributed by atoms with van der Waals surface area (Å²) in [5, 5.41) is 50.1. The normalized spacial score (nSPS) is 22.2. The number of aliphatic hydroxyl groups is 5. The third-order valence-corrected chi connectivity index (χ3v) is 11.9. The van der Waals surface area contributed by atoms with Gasteiger partial charge in [0.25, 0.3) is 0 Å². The molecule has 0 saturated heterocycles. The number of aliphatic hydroxyl groups excluding tert-OH is 5. The Hall–Kier alpha value is -2.45. The number of phosphoric ester groups is 1. The highest BCUT2D eigenvalue weighted by Gasteiger charge is 2.51. The zero-order valence-corrected chi connectivity index (χ0v) is 39.5. The fourth-order valence-electron chi connectivity index (χ4n) is 7.06. The molecular formula is C49H85O13P. The lowest BCUT2D eigenvalue weighted by Crippen LogP contribution is -2.64. The number of unbranched alkanes of at least 4 members (excludes halogenated alkanes) is 20. The zero-order valence-electron chi connectivity index (χ0n) is 38.6. The molecule has 1 aliphatic rings. The maximum absolute atomic E-state index is 12.8. The number of carbonyl (C=O) groups excluding carboxylic acids is 2. The third-order valence-electron chi connectivity index (χ3n) is 10.9. The number of hydrogen-bond acceptors (Lipinski definition) is 12. The summed E-state index contributed by atoms with van der Waals surface area (Å²) in [4.78, 5) is 35.7. The number of rotatable bonds is 39. The van der Waals surface area contributed by atoms with Gasteiger partial charge in [-0.05, 0) is 57.8 Å². The van der Waals surface area contributed by atoms with Crippen LogP contribution in [0, 0.1) is 0 Å². The predicted octanol–water partition coefficient (Wildman–Crippen LogP) is 9.73. The second kappa shape index (κ2) is 38.8. The molecule has 0 amide bonds. The summed E-state index contributed by atoms with van der Waals surface area (Å²) in [6.07, 6.45) is 34.3. The third kappa shape index (κ3) is 31.2.